The van der Waals surface area contributed by atoms with Crippen molar-refractivity contribution in [2.45, 2.75) is 20.3 Å². The molecule has 3 heteroatoms. The minimum Gasteiger partial charge on any atom is -0.294 e. The summed E-state index contributed by atoms with van der Waals surface area (Å²) in [5.74, 6) is -0.0590. The van der Waals surface area contributed by atoms with E-state index < -0.39 is 0 Å². The highest BCUT2D eigenvalue weighted by atomic mass is 79.9. The molecule has 1 unspecified atom stereocenters. The van der Waals surface area contributed by atoms with Crippen molar-refractivity contribution >= 4 is 33.6 Å². The second-order valence-corrected chi connectivity index (χ2v) is 5.69. The first-order valence-electron chi connectivity index (χ1n) is 6.17. The molecule has 1 aliphatic rings. The van der Waals surface area contributed by atoms with Gasteiger partial charge in [-0.3, -0.25) is 9.59 Å². The topological polar surface area (TPSA) is 34.1 Å². The van der Waals surface area contributed by atoms with E-state index in [0.29, 0.717) is 5.57 Å². The molecule has 1 aliphatic carbocycles. The maximum Gasteiger partial charge on any atom is 0.163 e. The molecule has 0 amide bonds. The molecule has 0 heterocycles. The van der Waals surface area contributed by atoms with Gasteiger partial charge in [0.1, 0.15) is 0 Å². The number of benzene rings is 1. The van der Waals surface area contributed by atoms with Gasteiger partial charge in [-0.1, -0.05) is 45.8 Å². The third kappa shape index (κ3) is 3.74. The Bertz CT molecular complexity index is 563. The Balaban J connectivity index is 2.12. The van der Waals surface area contributed by atoms with Crippen molar-refractivity contribution in [2.24, 2.45) is 5.92 Å². The Morgan fingerprint density at radius 1 is 1.16 bits per heavy atom. The van der Waals surface area contributed by atoms with Crippen molar-refractivity contribution in [3.8, 4) is 0 Å². The van der Waals surface area contributed by atoms with Crippen LogP contribution in [-0.2, 0) is 9.59 Å². The molecule has 0 radical (unpaired) electrons. The molecule has 0 N–H and O–H groups in total. The monoisotopic (exact) mass is 318 g/mol. The highest BCUT2D eigenvalue weighted by Crippen LogP contribution is 2.41. The predicted molar refractivity (Wildman–Crippen MR) is 79.7 cm³/mol. The first kappa shape index (κ1) is 13.9. The smallest absolute Gasteiger partial charge is 0.163 e. The van der Waals surface area contributed by atoms with Crippen LogP contribution in [-0.4, -0.2) is 11.6 Å². The first-order valence-corrected chi connectivity index (χ1v) is 6.96. The van der Waals surface area contributed by atoms with Crippen LogP contribution in [0.25, 0.3) is 6.08 Å². The first-order chi connectivity index (χ1) is 8.97. The van der Waals surface area contributed by atoms with E-state index in [1.807, 2.05) is 24.3 Å². The van der Waals surface area contributed by atoms with E-state index in [9.17, 15) is 9.59 Å². The number of rotatable bonds is 4. The van der Waals surface area contributed by atoms with Gasteiger partial charge in [-0.05, 0) is 38.0 Å². The number of hydrogen-bond acceptors (Lipinski definition) is 2. The van der Waals surface area contributed by atoms with Gasteiger partial charge < -0.3 is 0 Å². The summed E-state index contributed by atoms with van der Waals surface area (Å²) in [7, 11) is 0. The highest BCUT2D eigenvalue weighted by Gasteiger charge is 2.29. The van der Waals surface area contributed by atoms with Crippen LogP contribution in [0.4, 0.5) is 0 Å². The Hall–Kier alpha value is -1.48. The summed E-state index contributed by atoms with van der Waals surface area (Å²) in [6, 6.07) is 8.06. The fraction of sp³-hybridized carbons (Fsp3) is 0.250. The molecule has 19 heavy (non-hydrogen) atoms. The van der Waals surface area contributed by atoms with E-state index >= 15 is 0 Å². The van der Waals surface area contributed by atoms with Crippen LogP contribution in [0.1, 0.15) is 25.8 Å². The zero-order valence-electron chi connectivity index (χ0n) is 10.9. The molecule has 98 valence electrons. The van der Waals surface area contributed by atoms with Crippen LogP contribution in [0.2, 0.25) is 0 Å². The molecule has 1 aromatic rings. The third-order valence-electron chi connectivity index (χ3n) is 3.12. The summed E-state index contributed by atoms with van der Waals surface area (Å²) in [4.78, 5) is 22.7. The number of halogens is 1. The molecule has 2 rings (SSSR count). The van der Waals surface area contributed by atoms with Gasteiger partial charge in [-0.2, -0.15) is 0 Å². The summed E-state index contributed by atoms with van der Waals surface area (Å²) in [6.07, 6.45) is 4.85. The van der Waals surface area contributed by atoms with Crippen LogP contribution in [0.15, 0.2) is 46.0 Å². The maximum absolute atomic E-state index is 11.3. The Kier molecular flexibility index (Phi) is 4.15. The lowest BCUT2D eigenvalue weighted by Crippen LogP contribution is -2.06. The molecule has 1 fully saturated rings. The molecule has 0 aliphatic heterocycles. The minimum atomic E-state index is -0.151. The van der Waals surface area contributed by atoms with Crippen molar-refractivity contribution in [2.75, 3.05) is 0 Å². The van der Waals surface area contributed by atoms with Crippen molar-refractivity contribution < 1.29 is 9.59 Å². The molecule has 1 saturated carbocycles. The molecule has 0 spiro atoms. The summed E-state index contributed by atoms with van der Waals surface area (Å²) >= 11 is 3.40. The summed E-state index contributed by atoms with van der Waals surface area (Å²) < 4.78 is 1.05. The molecular weight excluding hydrogens is 304 g/mol. The van der Waals surface area contributed by atoms with E-state index in [2.05, 4.69) is 22.0 Å². The molecule has 0 aromatic heterocycles. The molecule has 0 saturated heterocycles. The van der Waals surface area contributed by atoms with E-state index in [4.69, 9.17) is 0 Å². The quantitative estimate of drug-likeness (QED) is 0.478. The van der Waals surface area contributed by atoms with Gasteiger partial charge >= 0.3 is 0 Å². The summed E-state index contributed by atoms with van der Waals surface area (Å²) in [5, 5.41) is 0. The molecule has 1 atom stereocenters. The van der Waals surface area contributed by atoms with Crippen molar-refractivity contribution in [1.82, 2.24) is 0 Å². The lowest BCUT2D eigenvalue weighted by Gasteiger charge is -1.96. The lowest BCUT2D eigenvalue weighted by molar-refractivity contribution is -0.119. The molecular formula is C16H15BrO2. The zero-order chi connectivity index (χ0) is 14.0. The average molecular weight is 319 g/mol. The summed E-state index contributed by atoms with van der Waals surface area (Å²) in [5.41, 5.74) is 2.73. The van der Waals surface area contributed by atoms with Crippen molar-refractivity contribution in [3.63, 3.8) is 0 Å². The minimum absolute atomic E-state index is 0.151. The fourth-order valence-electron chi connectivity index (χ4n) is 1.98. The van der Waals surface area contributed by atoms with Crippen molar-refractivity contribution in [1.29, 1.82) is 0 Å². The fourth-order valence-corrected chi connectivity index (χ4v) is 2.25. The van der Waals surface area contributed by atoms with Gasteiger partial charge in [-0.25, -0.2) is 0 Å². The SMILES string of the molecule is CC(=O)C(=CC1C/C1=C\c1ccc(Br)cc1)C(C)=O. The second-order valence-electron chi connectivity index (χ2n) is 4.77. The van der Waals surface area contributed by atoms with E-state index in [0.717, 1.165) is 16.5 Å². The Morgan fingerprint density at radius 3 is 2.26 bits per heavy atom. The number of ketones is 2. The number of carbonyl (C=O) groups excluding carboxylic acids is 2. The normalized spacial score (nSPS) is 19.1. The van der Waals surface area contributed by atoms with Crippen LogP contribution in [0.3, 0.4) is 0 Å². The number of hydrogen-bond donors (Lipinski definition) is 0. The Morgan fingerprint density at radius 2 is 1.74 bits per heavy atom. The molecule has 0 bridgehead atoms. The number of allylic oxidation sites excluding steroid dienone is 3. The van der Waals surface area contributed by atoms with Gasteiger partial charge in [-0.15, -0.1) is 0 Å². The van der Waals surface area contributed by atoms with Crippen LogP contribution >= 0.6 is 15.9 Å². The zero-order valence-corrected chi connectivity index (χ0v) is 12.5. The van der Waals surface area contributed by atoms with Gasteiger partial charge in [0.05, 0.1) is 5.57 Å². The largest absolute Gasteiger partial charge is 0.294 e. The van der Waals surface area contributed by atoms with Gasteiger partial charge in [0.15, 0.2) is 11.6 Å². The van der Waals surface area contributed by atoms with Gasteiger partial charge in [0.2, 0.25) is 0 Å². The highest BCUT2D eigenvalue weighted by molar-refractivity contribution is 9.10. The molecule has 2 nitrogen and oxygen atoms in total. The van der Waals surface area contributed by atoms with E-state index in [1.54, 1.807) is 6.08 Å². The predicted octanol–water partition coefficient (Wildman–Crippen LogP) is 3.96. The maximum atomic E-state index is 11.3. The van der Waals surface area contributed by atoms with E-state index in [1.165, 1.54) is 19.4 Å². The van der Waals surface area contributed by atoms with Gasteiger partial charge in [0, 0.05) is 10.4 Å². The van der Waals surface area contributed by atoms with Gasteiger partial charge in [0.25, 0.3) is 0 Å². The second kappa shape index (κ2) is 5.66. The van der Waals surface area contributed by atoms with E-state index in [-0.39, 0.29) is 17.5 Å². The van der Waals surface area contributed by atoms with Crippen molar-refractivity contribution in [3.05, 3.63) is 51.5 Å². The standard InChI is InChI=1S/C16H15BrO2/c1-10(18)16(11(2)19)9-14-8-13(14)7-12-3-5-15(17)6-4-12/h3-7,9,14H,8H2,1-2H3/b13-7+. The molecule has 1 aromatic carbocycles. The van der Waals surface area contributed by atoms with Crippen LogP contribution < -0.4 is 0 Å². The average Bonchev–Trinajstić information content (AvgIpc) is 3.06. The Labute approximate surface area is 121 Å². The number of carbonyl (C=O) groups is 2. The third-order valence-corrected chi connectivity index (χ3v) is 3.65. The van der Waals surface area contributed by atoms with Crippen LogP contribution in [0, 0.1) is 5.92 Å². The van der Waals surface area contributed by atoms with Crippen LogP contribution in [0.5, 0.6) is 0 Å². The lowest BCUT2D eigenvalue weighted by atomic mass is 10.1. The number of Topliss-reactive ketones (excluding diaryl/α,β-unsaturated/α-hetero) is 2. The summed E-state index contributed by atoms with van der Waals surface area (Å²) in [6.45, 7) is 2.88.